The van der Waals surface area contributed by atoms with E-state index < -0.39 is 13.9 Å². The van der Waals surface area contributed by atoms with Crippen molar-refractivity contribution in [3.05, 3.63) is 0 Å². The van der Waals surface area contributed by atoms with E-state index in [1.54, 1.807) is 0 Å². The molecule has 0 aliphatic carbocycles. The maximum Gasteiger partial charge on any atom is 0.472 e. The zero-order valence-corrected chi connectivity index (χ0v) is 35.5. The van der Waals surface area contributed by atoms with Crippen LogP contribution in [-0.2, 0) is 27.9 Å². The number of hydrogen-bond acceptors (Lipinski definition) is 7. The third-order valence-corrected chi connectivity index (χ3v) is 11.0. The van der Waals surface area contributed by atoms with Crippen LogP contribution in [0.15, 0.2) is 0 Å². The molecule has 0 saturated carbocycles. The number of esters is 1. The highest BCUT2D eigenvalue weighted by molar-refractivity contribution is 7.47. The van der Waals surface area contributed by atoms with Gasteiger partial charge in [0.2, 0.25) is 0 Å². The maximum atomic E-state index is 12.6. The van der Waals surface area contributed by atoms with Crippen LogP contribution in [0.4, 0.5) is 0 Å². The van der Waals surface area contributed by atoms with Gasteiger partial charge in [0.05, 0.1) is 19.8 Å². The number of phosphoric acid groups is 1. The van der Waals surface area contributed by atoms with Crippen molar-refractivity contribution in [1.82, 2.24) is 0 Å². The van der Waals surface area contributed by atoms with E-state index in [0.29, 0.717) is 13.0 Å². The van der Waals surface area contributed by atoms with Crippen LogP contribution in [0, 0.1) is 0 Å². The number of phosphoric ester groups is 1. The first-order chi connectivity index (χ1) is 25.4. The lowest BCUT2D eigenvalue weighted by Crippen LogP contribution is -2.28. The van der Waals surface area contributed by atoms with E-state index in [4.69, 9.17) is 24.3 Å². The Balaban J connectivity index is 3.94. The minimum atomic E-state index is -4.27. The summed E-state index contributed by atoms with van der Waals surface area (Å²) < 4.78 is 33.5. The van der Waals surface area contributed by atoms with Crippen molar-refractivity contribution >= 4 is 13.8 Å². The van der Waals surface area contributed by atoms with Crippen molar-refractivity contribution in [2.75, 3.05) is 33.0 Å². The second-order valence-corrected chi connectivity index (χ2v) is 16.7. The zero-order valence-electron chi connectivity index (χ0n) is 34.6. The Morgan fingerprint density at radius 3 is 1.21 bits per heavy atom. The molecule has 0 radical (unpaired) electrons. The molecule has 8 nitrogen and oxygen atoms in total. The lowest BCUT2D eigenvalue weighted by Gasteiger charge is -2.20. The molecule has 0 amide bonds. The molecule has 2 atom stereocenters. The molecule has 0 bridgehead atoms. The summed E-state index contributed by atoms with van der Waals surface area (Å²) in [6, 6.07) is 0. The van der Waals surface area contributed by atoms with Gasteiger partial charge in [0.15, 0.2) is 0 Å². The Morgan fingerprint density at radius 2 is 0.846 bits per heavy atom. The molecule has 52 heavy (non-hydrogen) atoms. The molecule has 3 N–H and O–H groups in total. The highest BCUT2D eigenvalue weighted by Crippen LogP contribution is 2.43. The molecule has 0 rings (SSSR count). The number of carbonyl (C=O) groups is 1. The fraction of sp³-hybridized carbons (Fsp3) is 0.977. The quantitative estimate of drug-likeness (QED) is 0.0358. The molecule has 0 fully saturated rings. The zero-order chi connectivity index (χ0) is 38.1. The fourth-order valence-electron chi connectivity index (χ4n) is 6.70. The van der Waals surface area contributed by atoms with E-state index in [1.807, 2.05) is 0 Å². The average Bonchev–Trinajstić information content (AvgIpc) is 3.13. The van der Waals surface area contributed by atoms with Crippen LogP contribution in [0.5, 0.6) is 0 Å². The van der Waals surface area contributed by atoms with E-state index in [1.165, 1.54) is 180 Å². The van der Waals surface area contributed by atoms with Gasteiger partial charge in [-0.3, -0.25) is 13.8 Å². The van der Waals surface area contributed by atoms with Crippen LogP contribution < -0.4 is 5.73 Å². The van der Waals surface area contributed by atoms with Gasteiger partial charge < -0.3 is 20.1 Å². The van der Waals surface area contributed by atoms with Crippen LogP contribution in [0.25, 0.3) is 0 Å². The van der Waals surface area contributed by atoms with Gasteiger partial charge in [-0.2, -0.15) is 0 Å². The van der Waals surface area contributed by atoms with Crippen molar-refractivity contribution in [1.29, 1.82) is 0 Å². The van der Waals surface area contributed by atoms with Crippen molar-refractivity contribution in [3.63, 3.8) is 0 Å². The molecule has 312 valence electrons. The van der Waals surface area contributed by atoms with E-state index in [0.717, 1.165) is 32.1 Å². The predicted octanol–water partition coefficient (Wildman–Crippen LogP) is 13.3. The number of ether oxygens (including phenoxy) is 2. The summed E-state index contributed by atoms with van der Waals surface area (Å²) >= 11 is 0. The standard InChI is InChI=1S/C43H88NO7P/c1-3-5-7-9-11-13-15-17-19-20-21-22-23-24-26-28-30-32-34-36-43(45)51-42(41-50-52(46,47)49-39-37-44)40-48-38-35-33-31-29-27-25-18-16-14-12-10-8-6-4-2/h42H,3-41,44H2,1-2H3,(H,46,47)/t42-/m1/s1. The first-order valence-electron chi connectivity index (χ1n) is 22.5. The largest absolute Gasteiger partial charge is 0.472 e. The number of hydrogen-bond donors (Lipinski definition) is 2. The molecule has 0 aromatic rings. The molecule has 0 aromatic carbocycles. The van der Waals surface area contributed by atoms with Crippen LogP contribution in [0.2, 0.25) is 0 Å². The molecule has 0 saturated heterocycles. The van der Waals surface area contributed by atoms with Crippen molar-refractivity contribution in [3.8, 4) is 0 Å². The highest BCUT2D eigenvalue weighted by atomic mass is 31.2. The van der Waals surface area contributed by atoms with E-state index in [2.05, 4.69) is 13.8 Å². The second kappa shape index (κ2) is 41.7. The lowest BCUT2D eigenvalue weighted by molar-refractivity contribution is -0.154. The number of unbranched alkanes of at least 4 members (excludes halogenated alkanes) is 31. The van der Waals surface area contributed by atoms with Gasteiger partial charge in [-0.1, -0.05) is 213 Å². The molecule has 9 heteroatoms. The molecule has 0 aliphatic rings. The Kier molecular flexibility index (Phi) is 41.3. The average molecular weight is 762 g/mol. The third-order valence-electron chi connectivity index (χ3n) is 10.0. The summed E-state index contributed by atoms with van der Waals surface area (Å²) in [5.41, 5.74) is 5.37. The molecular formula is C43H88NO7P. The van der Waals surface area contributed by atoms with Crippen LogP contribution >= 0.6 is 7.82 Å². The molecule has 0 aromatic heterocycles. The molecule has 0 heterocycles. The Labute approximate surface area is 322 Å². The molecule has 0 spiro atoms. The molecular weight excluding hydrogens is 673 g/mol. The summed E-state index contributed by atoms with van der Waals surface area (Å²) in [5.74, 6) is -0.323. The maximum absolute atomic E-state index is 12.6. The SMILES string of the molecule is CCCCCCCCCCCCCCCCCCCCCC(=O)O[C@H](COCCCCCCCCCCCCCCCC)COP(=O)(O)OCCN. The first-order valence-corrected chi connectivity index (χ1v) is 24.0. The van der Waals surface area contributed by atoms with E-state index in [-0.39, 0.29) is 32.3 Å². The van der Waals surface area contributed by atoms with Crippen LogP contribution in [0.1, 0.15) is 232 Å². The van der Waals surface area contributed by atoms with Gasteiger partial charge in [-0.25, -0.2) is 4.57 Å². The van der Waals surface area contributed by atoms with Gasteiger partial charge in [0.1, 0.15) is 6.10 Å². The Bertz CT molecular complexity index is 772. The van der Waals surface area contributed by atoms with Gasteiger partial charge in [-0.15, -0.1) is 0 Å². The summed E-state index contributed by atoms with van der Waals surface area (Å²) in [6.07, 6.45) is 42.6. The van der Waals surface area contributed by atoms with Crippen LogP contribution in [-0.4, -0.2) is 49.9 Å². The smallest absolute Gasteiger partial charge is 0.457 e. The third kappa shape index (κ3) is 40.7. The van der Waals surface area contributed by atoms with Gasteiger partial charge in [0, 0.05) is 19.6 Å². The van der Waals surface area contributed by atoms with Gasteiger partial charge in [-0.05, 0) is 12.8 Å². The fourth-order valence-corrected chi connectivity index (χ4v) is 7.47. The van der Waals surface area contributed by atoms with Crippen molar-refractivity contribution in [2.45, 2.75) is 238 Å². The molecule has 0 aliphatic heterocycles. The summed E-state index contributed by atoms with van der Waals surface area (Å²) in [7, 11) is -4.27. The monoisotopic (exact) mass is 762 g/mol. The van der Waals surface area contributed by atoms with Crippen LogP contribution in [0.3, 0.4) is 0 Å². The first kappa shape index (κ1) is 51.5. The van der Waals surface area contributed by atoms with Gasteiger partial charge in [0.25, 0.3) is 0 Å². The minimum absolute atomic E-state index is 0.0900. The number of nitrogens with two attached hydrogens (primary N) is 1. The summed E-state index contributed by atoms with van der Waals surface area (Å²) in [4.78, 5) is 22.5. The summed E-state index contributed by atoms with van der Waals surface area (Å²) in [6.45, 7) is 4.99. The topological polar surface area (TPSA) is 117 Å². The van der Waals surface area contributed by atoms with E-state index in [9.17, 15) is 14.3 Å². The van der Waals surface area contributed by atoms with Crippen molar-refractivity contribution < 1.29 is 32.8 Å². The van der Waals surface area contributed by atoms with E-state index >= 15 is 0 Å². The number of carbonyl (C=O) groups excluding carboxylic acids is 1. The predicted molar refractivity (Wildman–Crippen MR) is 220 cm³/mol. The minimum Gasteiger partial charge on any atom is -0.457 e. The second-order valence-electron chi connectivity index (χ2n) is 15.3. The highest BCUT2D eigenvalue weighted by Gasteiger charge is 2.25. The van der Waals surface area contributed by atoms with Gasteiger partial charge >= 0.3 is 13.8 Å². The molecule has 1 unspecified atom stereocenters. The van der Waals surface area contributed by atoms with Crippen molar-refractivity contribution in [2.24, 2.45) is 5.73 Å². The number of rotatable bonds is 44. The Hall–Kier alpha value is -0.500. The normalized spacial score (nSPS) is 13.4. The summed E-state index contributed by atoms with van der Waals surface area (Å²) in [5, 5.41) is 0. The lowest BCUT2D eigenvalue weighted by atomic mass is 10.0. The Morgan fingerprint density at radius 1 is 0.500 bits per heavy atom.